The van der Waals surface area contributed by atoms with Crippen LogP contribution in [0.25, 0.3) is 5.65 Å². The van der Waals surface area contributed by atoms with Crippen LogP contribution in [0.5, 0.6) is 0 Å². The molecule has 0 amide bonds. The lowest BCUT2D eigenvalue weighted by Crippen LogP contribution is -2.43. The second-order valence-electron chi connectivity index (χ2n) is 6.95. The number of pyridine rings is 1. The highest BCUT2D eigenvalue weighted by atomic mass is 127. The minimum absolute atomic E-state index is 0. The highest BCUT2D eigenvalue weighted by Crippen LogP contribution is 2.24. The van der Waals surface area contributed by atoms with E-state index >= 15 is 0 Å². The van der Waals surface area contributed by atoms with Crippen LogP contribution in [0.2, 0.25) is 0 Å². The number of rotatable bonds is 7. The number of nitrogens with zero attached hydrogens (tertiary/aromatic N) is 5. The van der Waals surface area contributed by atoms with Crippen LogP contribution in [0, 0.1) is 0 Å². The first kappa shape index (κ1) is 21.6. The van der Waals surface area contributed by atoms with Crippen molar-refractivity contribution in [2.24, 2.45) is 4.99 Å². The molecule has 0 aliphatic carbocycles. The summed E-state index contributed by atoms with van der Waals surface area (Å²) in [6.07, 6.45) is 6.99. The van der Waals surface area contributed by atoms with E-state index in [2.05, 4.69) is 36.8 Å². The maximum Gasteiger partial charge on any atom is 0.191 e. The monoisotopic (exact) mass is 509 g/mol. The smallest absolute Gasteiger partial charge is 0.191 e. The van der Waals surface area contributed by atoms with E-state index < -0.39 is 0 Å². The molecule has 3 aromatic rings. The van der Waals surface area contributed by atoms with E-state index in [1.54, 1.807) is 13.3 Å². The average molecular weight is 509 g/mol. The summed E-state index contributed by atoms with van der Waals surface area (Å²) < 4.78 is 7.70. The van der Waals surface area contributed by atoms with E-state index in [4.69, 9.17) is 4.42 Å². The van der Waals surface area contributed by atoms with Gasteiger partial charge in [-0.2, -0.15) is 0 Å². The van der Waals surface area contributed by atoms with E-state index in [0.29, 0.717) is 0 Å². The number of nitrogens with one attached hydrogen (secondary N) is 2. The van der Waals surface area contributed by atoms with Crippen LogP contribution in [-0.2, 0) is 6.42 Å². The molecular weight excluding hydrogens is 481 g/mol. The fourth-order valence-corrected chi connectivity index (χ4v) is 3.71. The predicted molar refractivity (Wildman–Crippen MR) is 124 cm³/mol. The molecule has 8 nitrogen and oxygen atoms in total. The third kappa shape index (κ3) is 5.27. The lowest BCUT2D eigenvalue weighted by molar-refractivity contribution is 0.215. The Hall–Kier alpha value is -2.14. The molecule has 0 saturated carbocycles. The standard InChI is InChI=1S/C20H27N7O.HI/c1-21-20(22-10-9-19-25-24-18-8-2-3-13-27(18)19)23-15-16(17-7-6-14-28-17)26-11-4-5-12-26;/h2-3,6-8,13-14,16H,4-5,9-12,15H2,1H3,(H2,21,22,23);1H. The molecule has 0 spiro atoms. The Kier molecular flexibility index (Phi) is 7.87. The van der Waals surface area contributed by atoms with E-state index in [0.717, 1.165) is 55.8 Å². The molecule has 3 aromatic heterocycles. The zero-order valence-electron chi connectivity index (χ0n) is 16.6. The predicted octanol–water partition coefficient (Wildman–Crippen LogP) is 2.48. The molecule has 29 heavy (non-hydrogen) atoms. The Morgan fingerprint density at radius 1 is 1.17 bits per heavy atom. The number of furan rings is 1. The highest BCUT2D eigenvalue weighted by Gasteiger charge is 2.25. The molecule has 0 bridgehead atoms. The maximum atomic E-state index is 5.69. The minimum Gasteiger partial charge on any atom is -0.468 e. The van der Waals surface area contributed by atoms with Crippen molar-refractivity contribution in [2.75, 3.05) is 33.2 Å². The Balaban J connectivity index is 0.00000240. The van der Waals surface area contributed by atoms with E-state index in [-0.39, 0.29) is 30.0 Å². The number of aromatic nitrogens is 3. The van der Waals surface area contributed by atoms with Gasteiger partial charge in [-0.05, 0) is 50.2 Å². The molecule has 156 valence electrons. The highest BCUT2D eigenvalue weighted by molar-refractivity contribution is 14.0. The van der Waals surface area contributed by atoms with Gasteiger partial charge in [-0.15, -0.1) is 34.2 Å². The first-order valence-corrected chi connectivity index (χ1v) is 9.86. The summed E-state index contributed by atoms with van der Waals surface area (Å²) >= 11 is 0. The molecule has 2 N–H and O–H groups in total. The Labute approximate surface area is 187 Å². The van der Waals surface area contributed by atoms with Gasteiger partial charge in [0.15, 0.2) is 11.6 Å². The van der Waals surface area contributed by atoms with Gasteiger partial charge in [0.25, 0.3) is 0 Å². The largest absolute Gasteiger partial charge is 0.468 e. The van der Waals surface area contributed by atoms with Crippen LogP contribution in [0.1, 0.15) is 30.5 Å². The summed E-state index contributed by atoms with van der Waals surface area (Å²) in [5.74, 6) is 2.72. The summed E-state index contributed by atoms with van der Waals surface area (Å²) in [6.45, 7) is 3.70. The first-order chi connectivity index (χ1) is 13.8. The molecule has 9 heteroatoms. The van der Waals surface area contributed by atoms with Gasteiger partial charge < -0.3 is 15.1 Å². The Morgan fingerprint density at radius 2 is 2.03 bits per heavy atom. The molecule has 0 aromatic carbocycles. The van der Waals surface area contributed by atoms with Crippen LogP contribution >= 0.6 is 24.0 Å². The van der Waals surface area contributed by atoms with Crippen LogP contribution < -0.4 is 10.6 Å². The van der Waals surface area contributed by atoms with Gasteiger partial charge >= 0.3 is 0 Å². The van der Waals surface area contributed by atoms with Crippen molar-refractivity contribution in [1.82, 2.24) is 30.1 Å². The van der Waals surface area contributed by atoms with E-state index in [1.165, 1.54) is 12.8 Å². The Morgan fingerprint density at radius 3 is 2.79 bits per heavy atom. The number of fused-ring (bicyclic) bond motifs is 1. The molecule has 1 aliphatic rings. The van der Waals surface area contributed by atoms with Crippen molar-refractivity contribution in [3.05, 3.63) is 54.4 Å². The summed E-state index contributed by atoms with van der Waals surface area (Å²) in [4.78, 5) is 6.83. The van der Waals surface area contributed by atoms with Crippen LogP contribution in [-0.4, -0.2) is 58.7 Å². The van der Waals surface area contributed by atoms with Gasteiger partial charge in [-0.25, -0.2) is 0 Å². The van der Waals surface area contributed by atoms with E-state index in [1.807, 2.05) is 34.9 Å². The van der Waals surface area contributed by atoms with Gasteiger partial charge in [0, 0.05) is 32.8 Å². The molecule has 4 heterocycles. The van der Waals surface area contributed by atoms with Gasteiger partial charge in [-0.3, -0.25) is 14.3 Å². The van der Waals surface area contributed by atoms with Crippen molar-refractivity contribution in [3.8, 4) is 0 Å². The quantitative estimate of drug-likeness (QED) is 0.290. The summed E-state index contributed by atoms with van der Waals surface area (Å²) in [5, 5.41) is 15.3. The zero-order valence-corrected chi connectivity index (χ0v) is 19.0. The molecule has 1 fully saturated rings. The summed E-state index contributed by atoms with van der Waals surface area (Å²) in [5.41, 5.74) is 0.868. The maximum absolute atomic E-state index is 5.69. The van der Waals surface area contributed by atoms with Crippen LogP contribution in [0.3, 0.4) is 0 Å². The van der Waals surface area contributed by atoms with Crippen molar-refractivity contribution >= 4 is 35.6 Å². The van der Waals surface area contributed by atoms with Crippen LogP contribution in [0.15, 0.2) is 52.2 Å². The number of guanidine groups is 1. The summed E-state index contributed by atoms with van der Waals surface area (Å²) in [6, 6.07) is 10.1. The topological polar surface area (TPSA) is 83.0 Å². The van der Waals surface area contributed by atoms with Gasteiger partial charge in [0.2, 0.25) is 0 Å². The molecule has 1 unspecified atom stereocenters. The molecular formula is C20H28IN7O. The van der Waals surface area contributed by atoms with Gasteiger partial charge in [0.05, 0.1) is 12.3 Å². The number of halogens is 1. The van der Waals surface area contributed by atoms with Gasteiger partial charge in [0.1, 0.15) is 11.6 Å². The molecule has 0 radical (unpaired) electrons. The third-order valence-electron chi connectivity index (χ3n) is 5.16. The second-order valence-corrected chi connectivity index (χ2v) is 6.95. The molecule has 1 atom stereocenters. The first-order valence-electron chi connectivity index (χ1n) is 9.86. The molecule has 1 aliphatic heterocycles. The number of hydrogen-bond acceptors (Lipinski definition) is 5. The van der Waals surface area contributed by atoms with Crippen molar-refractivity contribution in [2.45, 2.75) is 25.3 Å². The fraction of sp³-hybridized carbons (Fsp3) is 0.450. The third-order valence-corrected chi connectivity index (χ3v) is 5.16. The zero-order chi connectivity index (χ0) is 19.2. The number of likely N-dealkylation sites (tertiary alicyclic amines) is 1. The molecule has 4 rings (SSSR count). The van der Waals surface area contributed by atoms with Gasteiger partial charge in [-0.1, -0.05) is 6.07 Å². The fourth-order valence-electron chi connectivity index (χ4n) is 3.71. The van der Waals surface area contributed by atoms with Crippen molar-refractivity contribution < 1.29 is 4.42 Å². The minimum atomic E-state index is 0. The van der Waals surface area contributed by atoms with Crippen molar-refractivity contribution in [1.29, 1.82) is 0 Å². The molecule has 1 saturated heterocycles. The second kappa shape index (κ2) is 10.6. The lowest BCUT2D eigenvalue weighted by Gasteiger charge is -2.26. The number of aliphatic imine (C=N–C) groups is 1. The van der Waals surface area contributed by atoms with Crippen molar-refractivity contribution in [3.63, 3.8) is 0 Å². The van der Waals surface area contributed by atoms with Crippen LogP contribution in [0.4, 0.5) is 0 Å². The Bertz CT molecular complexity index is 903. The number of hydrogen-bond donors (Lipinski definition) is 2. The normalized spacial score (nSPS) is 16.0. The average Bonchev–Trinajstić information content (AvgIpc) is 3.49. The lowest BCUT2D eigenvalue weighted by atomic mass is 10.2. The summed E-state index contributed by atoms with van der Waals surface area (Å²) in [7, 11) is 1.79. The van der Waals surface area contributed by atoms with E-state index in [9.17, 15) is 0 Å². The SMILES string of the molecule is CN=C(NCCc1nnc2ccccn12)NCC(c1ccco1)N1CCCC1.I.